The van der Waals surface area contributed by atoms with Crippen LogP contribution >= 0.6 is 0 Å². The van der Waals surface area contributed by atoms with Crippen molar-refractivity contribution in [1.82, 2.24) is 9.97 Å². The van der Waals surface area contributed by atoms with Crippen LogP contribution < -0.4 is 9.80 Å². The average Bonchev–Trinajstić information content (AvgIpc) is 3.03. The van der Waals surface area contributed by atoms with Gasteiger partial charge < -0.3 is 9.80 Å². The maximum atomic E-state index is 13.8. The number of hydrogen-bond acceptors (Lipinski definition) is 5. The van der Waals surface area contributed by atoms with Gasteiger partial charge in [-0.3, -0.25) is 0 Å². The SMILES string of the molecule is Cc1ccnc(N(C)C2CCN(c3cccc(F)c3C#N)C2)n1. The summed E-state index contributed by atoms with van der Waals surface area (Å²) in [6, 6.07) is 8.83. The van der Waals surface area contributed by atoms with Gasteiger partial charge in [-0.2, -0.15) is 5.26 Å². The van der Waals surface area contributed by atoms with E-state index in [4.69, 9.17) is 0 Å². The third kappa shape index (κ3) is 2.95. The first-order valence-electron chi connectivity index (χ1n) is 7.56. The molecule has 0 N–H and O–H groups in total. The molecule has 2 heterocycles. The summed E-state index contributed by atoms with van der Waals surface area (Å²) in [7, 11) is 1.97. The number of benzene rings is 1. The number of nitriles is 1. The van der Waals surface area contributed by atoms with Crippen LogP contribution in [-0.2, 0) is 0 Å². The topological polar surface area (TPSA) is 56.1 Å². The maximum Gasteiger partial charge on any atom is 0.225 e. The predicted molar refractivity (Wildman–Crippen MR) is 86.9 cm³/mol. The lowest BCUT2D eigenvalue weighted by molar-refractivity contribution is 0.623. The Labute approximate surface area is 135 Å². The van der Waals surface area contributed by atoms with Gasteiger partial charge in [-0.05, 0) is 31.5 Å². The van der Waals surface area contributed by atoms with Crippen LogP contribution in [0.5, 0.6) is 0 Å². The molecule has 2 aromatic rings. The Morgan fingerprint density at radius 3 is 2.96 bits per heavy atom. The van der Waals surface area contributed by atoms with E-state index in [9.17, 15) is 9.65 Å². The largest absolute Gasteiger partial charge is 0.368 e. The van der Waals surface area contributed by atoms with Crippen LogP contribution in [0, 0.1) is 24.1 Å². The highest BCUT2D eigenvalue weighted by atomic mass is 19.1. The molecule has 1 atom stereocenters. The van der Waals surface area contributed by atoms with Crippen molar-refractivity contribution in [3.8, 4) is 6.07 Å². The Balaban J connectivity index is 1.79. The molecule has 1 fully saturated rings. The molecule has 0 spiro atoms. The zero-order valence-corrected chi connectivity index (χ0v) is 13.2. The molecule has 1 saturated heterocycles. The van der Waals surface area contributed by atoms with Crippen LogP contribution in [0.3, 0.4) is 0 Å². The minimum Gasteiger partial charge on any atom is -0.368 e. The van der Waals surface area contributed by atoms with E-state index in [1.165, 1.54) is 6.07 Å². The monoisotopic (exact) mass is 311 g/mol. The smallest absolute Gasteiger partial charge is 0.225 e. The van der Waals surface area contributed by atoms with Crippen molar-refractivity contribution < 1.29 is 4.39 Å². The fraction of sp³-hybridized carbons (Fsp3) is 0.353. The molecule has 23 heavy (non-hydrogen) atoms. The summed E-state index contributed by atoms with van der Waals surface area (Å²) in [6.07, 6.45) is 2.66. The molecule has 1 aromatic carbocycles. The Kier molecular flexibility index (Phi) is 4.11. The van der Waals surface area contributed by atoms with Crippen LogP contribution in [0.25, 0.3) is 0 Å². The van der Waals surface area contributed by atoms with E-state index >= 15 is 0 Å². The Bertz CT molecular complexity index is 755. The van der Waals surface area contributed by atoms with E-state index in [2.05, 4.69) is 19.8 Å². The van der Waals surface area contributed by atoms with Gasteiger partial charge in [-0.25, -0.2) is 14.4 Å². The van der Waals surface area contributed by atoms with E-state index in [1.54, 1.807) is 18.3 Å². The van der Waals surface area contributed by atoms with Gasteiger partial charge in [0.25, 0.3) is 0 Å². The van der Waals surface area contributed by atoms with Crippen LogP contribution in [0.2, 0.25) is 0 Å². The molecular weight excluding hydrogens is 293 g/mol. The van der Waals surface area contributed by atoms with Gasteiger partial charge in [0.05, 0.1) is 11.7 Å². The van der Waals surface area contributed by atoms with Gasteiger partial charge in [-0.1, -0.05) is 6.07 Å². The first-order chi connectivity index (χ1) is 11.1. The van der Waals surface area contributed by atoms with Crippen LogP contribution in [0.4, 0.5) is 16.0 Å². The zero-order chi connectivity index (χ0) is 16.4. The summed E-state index contributed by atoms with van der Waals surface area (Å²) in [5.41, 5.74) is 1.70. The molecule has 1 aliphatic heterocycles. The number of aromatic nitrogens is 2. The highest BCUT2D eigenvalue weighted by Gasteiger charge is 2.29. The second kappa shape index (κ2) is 6.21. The molecular formula is C17H18FN5. The normalized spacial score (nSPS) is 17.1. The first-order valence-corrected chi connectivity index (χ1v) is 7.56. The maximum absolute atomic E-state index is 13.8. The number of likely N-dealkylation sites (N-methyl/N-ethyl adjacent to an activating group) is 1. The molecule has 1 unspecified atom stereocenters. The molecule has 118 valence electrons. The number of halogens is 1. The first kappa shape index (κ1) is 15.2. The number of anilines is 2. The Morgan fingerprint density at radius 2 is 2.22 bits per heavy atom. The van der Waals surface area contributed by atoms with E-state index in [1.807, 2.05) is 26.1 Å². The highest BCUT2D eigenvalue weighted by molar-refractivity contribution is 5.61. The van der Waals surface area contributed by atoms with E-state index in [0.717, 1.165) is 18.7 Å². The molecule has 0 radical (unpaired) electrons. The average molecular weight is 311 g/mol. The van der Waals surface area contributed by atoms with Crippen molar-refractivity contribution >= 4 is 11.6 Å². The van der Waals surface area contributed by atoms with Gasteiger partial charge in [0.2, 0.25) is 5.95 Å². The van der Waals surface area contributed by atoms with Crippen molar-refractivity contribution in [3.63, 3.8) is 0 Å². The molecule has 6 heteroatoms. The molecule has 1 aliphatic rings. The highest BCUT2D eigenvalue weighted by Crippen LogP contribution is 2.28. The number of rotatable bonds is 3. The lowest BCUT2D eigenvalue weighted by Crippen LogP contribution is -2.35. The van der Waals surface area contributed by atoms with Gasteiger partial charge in [0.15, 0.2) is 0 Å². The van der Waals surface area contributed by atoms with E-state index in [-0.39, 0.29) is 11.6 Å². The second-order valence-electron chi connectivity index (χ2n) is 5.74. The van der Waals surface area contributed by atoms with Gasteiger partial charge >= 0.3 is 0 Å². The van der Waals surface area contributed by atoms with Gasteiger partial charge in [-0.15, -0.1) is 0 Å². The van der Waals surface area contributed by atoms with Crippen LogP contribution in [-0.4, -0.2) is 36.1 Å². The third-order valence-corrected chi connectivity index (χ3v) is 4.25. The lowest BCUT2D eigenvalue weighted by atomic mass is 10.1. The summed E-state index contributed by atoms with van der Waals surface area (Å²) in [6.45, 7) is 3.43. The van der Waals surface area contributed by atoms with Crippen molar-refractivity contribution in [2.24, 2.45) is 0 Å². The molecule has 5 nitrogen and oxygen atoms in total. The molecule has 0 aliphatic carbocycles. The van der Waals surface area contributed by atoms with E-state index in [0.29, 0.717) is 18.2 Å². The van der Waals surface area contributed by atoms with Crippen molar-refractivity contribution in [2.75, 3.05) is 29.9 Å². The lowest BCUT2D eigenvalue weighted by Gasteiger charge is -2.26. The third-order valence-electron chi connectivity index (χ3n) is 4.25. The standard InChI is InChI=1S/C17H18FN5/c1-12-6-8-20-17(21-12)22(2)13-7-9-23(11-13)16-5-3-4-15(18)14(16)10-19/h3-6,8,13H,7,9,11H2,1-2H3. The molecule has 0 amide bonds. The predicted octanol–water partition coefficient (Wildman–Crippen LogP) is 2.51. The minimum atomic E-state index is -0.469. The summed E-state index contributed by atoms with van der Waals surface area (Å²) in [5.74, 6) is 0.223. The van der Waals surface area contributed by atoms with Gasteiger partial charge in [0.1, 0.15) is 17.4 Å². The Morgan fingerprint density at radius 1 is 1.39 bits per heavy atom. The summed E-state index contributed by atoms with van der Waals surface area (Å²) in [5, 5.41) is 9.20. The molecule has 0 saturated carbocycles. The minimum absolute atomic E-state index is 0.114. The van der Waals surface area contributed by atoms with Crippen molar-refractivity contribution in [1.29, 1.82) is 5.26 Å². The summed E-state index contributed by atoms with van der Waals surface area (Å²) < 4.78 is 13.8. The summed E-state index contributed by atoms with van der Waals surface area (Å²) >= 11 is 0. The van der Waals surface area contributed by atoms with Crippen molar-refractivity contribution in [3.05, 3.63) is 47.5 Å². The molecule has 0 bridgehead atoms. The summed E-state index contributed by atoms with van der Waals surface area (Å²) in [4.78, 5) is 12.9. The molecule has 3 rings (SSSR count). The number of nitrogens with zero attached hydrogens (tertiary/aromatic N) is 5. The fourth-order valence-electron chi connectivity index (χ4n) is 2.93. The zero-order valence-electron chi connectivity index (χ0n) is 13.2. The fourth-order valence-corrected chi connectivity index (χ4v) is 2.93. The number of hydrogen-bond donors (Lipinski definition) is 0. The quantitative estimate of drug-likeness (QED) is 0.872. The van der Waals surface area contributed by atoms with Crippen LogP contribution in [0.1, 0.15) is 17.7 Å². The van der Waals surface area contributed by atoms with Crippen molar-refractivity contribution in [2.45, 2.75) is 19.4 Å². The second-order valence-corrected chi connectivity index (χ2v) is 5.74. The van der Waals surface area contributed by atoms with Crippen LogP contribution in [0.15, 0.2) is 30.5 Å². The van der Waals surface area contributed by atoms with Gasteiger partial charge in [0, 0.05) is 32.0 Å². The molecule has 1 aromatic heterocycles. The number of aryl methyl sites for hydroxylation is 1. The Hall–Kier alpha value is -2.68. The van der Waals surface area contributed by atoms with E-state index < -0.39 is 5.82 Å².